The number of rotatable bonds is 9. The number of imidazole rings is 1. The van der Waals surface area contributed by atoms with Crippen molar-refractivity contribution >= 4 is 44.6 Å². The van der Waals surface area contributed by atoms with Gasteiger partial charge in [0.1, 0.15) is 36.2 Å². The molecule has 1 aromatic carbocycles. The van der Waals surface area contributed by atoms with Crippen molar-refractivity contribution in [2.75, 3.05) is 18.8 Å². The lowest BCUT2D eigenvalue weighted by atomic mass is 10.1. The molecular weight excluding hydrogens is 587 g/mol. The number of aliphatic hydroxyl groups excluding tert-OH is 2. The van der Waals surface area contributed by atoms with E-state index in [2.05, 4.69) is 15.0 Å². The first kappa shape index (κ1) is 29.8. The lowest BCUT2D eigenvalue weighted by Gasteiger charge is -2.27. The number of benzene rings is 1. The lowest BCUT2D eigenvalue weighted by molar-refractivity contribution is -0.139. The number of anilines is 1. The number of hydrogen-bond acceptors (Lipinski definition) is 11. The summed E-state index contributed by atoms with van der Waals surface area (Å²) in [4.78, 5) is 22.3. The lowest BCUT2D eigenvalue weighted by Crippen LogP contribution is -2.45. The summed E-state index contributed by atoms with van der Waals surface area (Å²) in [5, 5.41) is 29.8. The summed E-state index contributed by atoms with van der Waals surface area (Å²) in [7, 11) is -4.76. The maximum absolute atomic E-state index is 13.5. The third kappa shape index (κ3) is 5.69. The minimum atomic E-state index is -4.97. The first-order valence-corrected chi connectivity index (χ1v) is 13.2. The van der Waals surface area contributed by atoms with Gasteiger partial charge in [-0.05, 0) is 24.6 Å². The second-order valence-electron chi connectivity index (χ2n) is 8.87. The van der Waals surface area contributed by atoms with Crippen molar-refractivity contribution in [3.05, 3.63) is 41.4 Å². The number of hydrogen-bond donors (Lipinski definition) is 5. The van der Waals surface area contributed by atoms with E-state index in [1.807, 2.05) is 0 Å². The number of nitrogens with zero attached hydrogens (tertiary/aromatic N) is 5. The number of alkyl halides is 3. The number of fused-ring (bicyclic) bond motifs is 1. The predicted molar refractivity (Wildman–Crippen MR) is 131 cm³/mol. The van der Waals surface area contributed by atoms with Crippen LogP contribution in [0.4, 0.5) is 19.0 Å². The van der Waals surface area contributed by atoms with E-state index in [0.717, 1.165) is 18.5 Å². The smallest absolute Gasteiger partial charge is 0.417 e. The summed E-state index contributed by atoms with van der Waals surface area (Å²) in [5.74, 6) is -1.41. The van der Waals surface area contributed by atoms with Gasteiger partial charge in [-0.2, -0.15) is 17.5 Å². The standard InChI is InChI=1S/C21H23ClF3N7O7S/c22-11-2-1-9(5-10(11)21(23,24)25)40(37,38)31(4-3-12(26)20(35)36)6-13-15(33)16(34)19(39-13)32-8-30-14-17(27)28-7-29-18(14)32/h1-2,5,7-8,12-13,15-16,19,33-34H,3-4,6,26H2,(H,35,36)(H2,27,28,29)/t12-,13+,15+,16+,19+/m0/s1. The van der Waals surface area contributed by atoms with Crippen LogP contribution < -0.4 is 11.5 Å². The minimum Gasteiger partial charge on any atom is -0.480 e. The van der Waals surface area contributed by atoms with E-state index in [0.29, 0.717) is 10.4 Å². The Morgan fingerprint density at radius 1 is 1.23 bits per heavy atom. The highest BCUT2D eigenvalue weighted by Crippen LogP contribution is 2.37. The highest BCUT2D eigenvalue weighted by Gasteiger charge is 2.46. The van der Waals surface area contributed by atoms with Crippen LogP contribution in [0.5, 0.6) is 0 Å². The van der Waals surface area contributed by atoms with Crippen molar-refractivity contribution < 1.29 is 46.4 Å². The fourth-order valence-corrected chi connectivity index (χ4v) is 5.83. The number of aliphatic hydroxyl groups is 2. The Bertz CT molecular complexity index is 1520. The number of nitrogens with two attached hydrogens (primary N) is 2. The van der Waals surface area contributed by atoms with Crippen molar-refractivity contribution in [3.8, 4) is 0 Å². The summed E-state index contributed by atoms with van der Waals surface area (Å²) in [6.45, 7) is -1.28. The molecule has 14 nitrogen and oxygen atoms in total. The van der Waals surface area contributed by atoms with Crippen LogP contribution in [0.2, 0.25) is 5.02 Å². The van der Waals surface area contributed by atoms with Gasteiger partial charge in [0.15, 0.2) is 17.7 Å². The highest BCUT2D eigenvalue weighted by atomic mass is 35.5. The third-order valence-electron chi connectivity index (χ3n) is 6.27. The molecule has 1 aliphatic rings. The van der Waals surface area contributed by atoms with Crippen LogP contribution in [-0.4, -0.2) is 91.0 Å². The highest BCUT2D eigenvalue weighted by molar-refractivity contribution is 7.89. The number of carboxylic acids is 1. The molecule has 0 spiro atoms. The molecule has 19 heteroatoms. The number of sulfonamides is 1. The van der Waals surface area contributed by atoms with E-state index in [9.17, 15) is 36.6 Å². The van der Waals surface area contributed by atoms with Crippen molar-refractivity contribution in [1.29, 1.82) is 0 Å². The van der Waals surface area contributed by atoms with E-state index in [1.54, 1.807) is 0 Å². The van der Waals surface area contributed by atoms with E-state index in [-0.39, 0.29) is 17.0 Å². The summed E-state index contributed by atoms with van der Waals surface area (Å²) >= 11 is 5.62. The fourth-order valence-electron chi connectivity index (χ4n) is 4.11. The van der Waals surface area contributed by atoms with E-state index in [1.165, 1.54) is 10.9 Å². The van der Waals surface area contributed by atoms with Gasteiger partial charge in [0, 0.05) is 13.1 Å². The Morgan fingerprint density at radius 2 is 1.93 bits per heavy atom. The molecule has 0 bridgehead atoms. The SMILES string of the molecule is Nc1ncnc2c1ncn2[C@@H]1O[C@H](CN(CC[C@H](N)C(=O)O)S(=O)(=O)c2ccc(Cl)c(C(F)(F)F)c2)[C@@H](O)[C@H]1O. The fraction of sp³-hybridized carbons (Fsp3) is 0.429. The average molecular weight is 610 g/mol. The maximum Gasteiger partial charge on any atom is 0.417 e. The maximum atomic E-state index is 13.5. The molecule has 3 heterocycles. The summed E-state index contributed by atoms with van der Waals surface area (Å²) in [6.07, 6.45) is -9.13. The number of halogens is 4. The number of carboxylic acid groups (broad SMARTS) is 1. The number of carbonyl (C=O) groups is 1. The molecule has 1 saturated heterocycles. The van der Waals surface area contributed by atoms with Gasteiger partial charge < -0.3 is 31.5 Å². The normalized spacial score (nSPS) is 22.7. The van der Waals surface area contributed by atoms with E-state index < -0.39 is 87.7 Å². The topological polar surface area (TPSA) is 220 Å². The largest absolute Gasteiger partial charge is 0.480 e. The van der Waals surface area contributed by atoms with Gasteiger partial charge in [0.2, 0.25) is 10.0 Å². The number of ether oxygens (including phenoxy) is 1. The monoisotopic (exact) mass is 609 g/mol. The molecule has 0 saturated carbocycles. The molecule has 1 fully saturated rings. The third-order valence-corrected chi connectivity index (χ3v) is 8.46. The van der Waals surface area contributed by atoms with E-state index in [4.69, 9.17) is 32.9 Å². The zero-order chi connectivity index (χ0) is 29.6. The van der Waals surface area contributed by atoms with Crippen molar-refractivity contribution in [1.82, 2.24) is 23.8 Å². The molecule has 218 valence electrons. The van der Waals surface area contributed by atoms with Gasteiger partial charge in [-0.15, -0.1) is 0 Å². The van der Waals surface area contributed by atoms with Gasteiger partial charge in [0.25, 0.3) is 0 Å². The van der Waals surface area contributed by atoms with Crippen LogP contribution in [0, 0.1) is 0 Å². The van der Waals surface area contributed by atoms with Crippen LogP contribution in [0.1, 0.15) is 18.2 Å². The van der Waals surface area contributed by atoms with Crippen LogP contribution in [0.25, 0.3) is 11.2 Å². The molecule has 0 aliphatic carbocycles. The first-order valence-electron chi connectivity index (χ1n) is 11.4. The van der Waals surface area contributed by atoms with Gasteiger partial charge in [-0.1, -0.05) is 11.6 Å². The van der Waals surface area contributed by atoms with Crippen LogP contribution in [0.15, 0.2) is 35.7 Å². The Balaban J connectivity index is 1.66. The molecule has 7 N–H and O–H groups in total. The Labute approximate surface area is 229 Å². The van der Waals surface area contributed by atoms with Crippen LogP contribution in [-0.2, 0) is 25.7 Å². The molecule has 0 radical (unpaired) electrons. The number of aliphatic carboxylic acids is 1. The molecule has 0 amide bonds. The molecule has 1 aliphatic heterocycles. The van der Waals surface area contributed by atoms with Crippen molar-refractivity contribution in [2.45, 2.75) is 48.1 Å². The first-order chi connectivity index (χ1) is 18.6. The molecule has 5 atom stereocenters. The predicted octanol–water partition coefficient (Wildman–Crippen LogP) is 0.193. The Hall–Kier alpha value is -3.13. The molecule has 4 rings (SSSR count). The number of nitrogen functional groups attached to an aromatic ring is 1. The molecule has 0 unspecified atom stereocenters. The van der Waals surface area contributed by atoms with Crippen molar-refractivity contribution in [2.24, 2.45) is 5.73 Å². The summed E-state index contributed by atoms with van der Waals surface area (Å²) in [5.41, 5.74) is 10.2. The van der Waals surface area contributed by atoms with Crippen LogP contribution >= 0.6 is 11.6 Å². The second kappa shape index (κ2) is 11.0. The average Bonchev–Trinajstić information content (AvgIpc) is 3.42. The van der Waals surface area contributed by atoms with Crippen LogP contribution in [0.3, 0.4) is 0 Å². The Morgan fingerprint density at radius 3 is 2.58 bits per heavy atom. The molecule has 40 heavy (non-hydrogen) atoms. The van der Waals surface area contributed by atoms with E-state index >= 15 is 0 Å². The minimum absolute atomic E-state index is 0.0292. The molecule has 2 aromatic heterocycles. The quantitative estimate of drug-likeness (QED) is 0.219. The van der Waals surface area contributed by atoms with Crippen molar-refractivity contribution in [3.63, 3.8) is 0 Å². The molecule has 3 aromatic rings. The summed E-state index contributed by atoms with van der Waals surface area (Å²) < 4.78 is 74.8. The van der Waals surface area contributed by atoms with Gasteiger partial charge in [-0.3, -0.25) is 9.36 Å². The number of aromatic nitrogens is 4. The molecular formula is C21H23ClF3N7O7S. The Kier molecular flexibility index (Phi) is 8.23. The van der Waals surface area contributed by atoms with Gasteiger partial charge >= 0.3 is 12.1 Å². The van der Waals surface area contributed by atoms with Gasteiger partial charge in [0.05, 0.1) is 21.8 Å². The zero-order valence-corrected chi connectivity index (χ0v) is 21.8. The second-order valence-corrected chi connectivity index (χ2v) is 11.2. The van der Waals surface area contributed by atoms with Gasteiger partial charge in [-0.25, -0.2) is 23.4 Å². The summed E-state index contributed by atoms with van der Waals surface area (Å²) in [6, 6.07) is 0.440. The zero-order valence-electron chi connectivity index (χ0n) is 20.2.